The first kappa shape index (κ1) is 26.1. The number of ether oxygens (including phenoxy) is 2. The number of hydrogen-bond donors (Lipinski definition) is 2. The van der Waals surface area contributed by atoms with Crippen LogP contribution in [0.2, 0.25) is 0 Å². The third-order valence-corrected chi connectivity index (χ3v) is 5.02. The molecule has 4 aromatic rings. The molecule has 0 bridgehead atoms. The molecule has 0 atom stereocenters. The van der Waals surface area contributed by atoms with E-state index in [0.717, 1.165) is 18.2 Å². The minimum Gasteiger partial charge on any atom is -0.490 e. The van der Waals surface area contributed by atoms with E-state index in [1.54, 1.807) is 19.9 Å². The Morgan fingerprint density at radius 3 is 2.59 bits per heavy atom. The fourth-order valence-corrected chi connectivity index (χ4v) is 3.22. The van der Waals surface area contributed by atoms with Crippen molar-refractivity contribution in [2.24, 2.45) is 5.10 Å². The predicted molar refractivity (Wildman–Crippen MR) is 131 cm³/mol. The summed E-state index contributed by atoms with van der Waals surface area (Å²) in [7, 11) is 0. The fourth-order valence-electron chi connectivity index (χ4n) is 3.22. The summed E-state index contributed by atoms with van der Waals surface area (Å²) in [4.78, 5) is 33.4. The smallest absolute Gasteiger partial charge is 0.318 e. The number of carbonyl (C=O) groups is 1. The van der Waals surface area contributed by atoms with E-state index in [9.17, 15) is 25.0 Å². The molecule has 2 heterocycles. The average molecular weight is 538 g/mol. The zero-order valence-electron chi connectivity index (χ0n) is 20.2. The van der Waals surface area contributed by atoms with Crippen molar-refractivity contribution in [3.05, 3.63) is 73.6 Å². The molecule has 0 aliphatic rings. The Labute approximate surface area is 217 Å². The number of nitro groups is 2. The summed E-state index contributed by atoms with van der Waals surface area (Å²) in [6.45, 7) is 3.52. The van der Waals surface area contributed by atoms with Crippen molar-refractivity contribution < 1.29 is 28.7 Å². The number of aromatic nitrogens is 5. The Balaban J connectivity index is 1.51. The molecule has 0 saturated carbocycles. The van der Waals surface area contributed by atoms with E-state index in [4.69, 9.17) is 15.2 Å². The quantitative estimate of drug-likeness (QED) is 0.167. The summed E-state index contributed by atoms with van der Waals surface area (Å²) in [5.41, 5.74) is 7.67. The van der Waals surface area contributed by atoms with Gasteiger partial charge in [-0.15, -0.1) is 5.10 Å². The lowest BCUT2D eigenvalue weighted by Gasteiger charge is -2.12. The van der Waals surface area contributed by atoms with Gasteiger partial charge in [-0.3, -0.25) is 25.0 Å². The molecule has 0 unspecified atom stereocenters. The number of nitrogens with zero attached hydrogens (tertiary/aromatic N) is 8. The van der Waals surface area contributed by atoms with Gasteiger partial charge in [0.05, 0.1) is 34.4 Å². The highest BCUT2D eigenvalue weighted by Crippen LogP contribution is 2.38. The van der Waals surface area contributed by atoms with Crippen LogP contribution in [0.1, 0.15) is 28.7 Å². The van der Waals surface area contributed by atoms with Gasteiger partial charge in [-0.25, -0.2) is 10.1 Å². The van der Waals surface area contributed by atoms with E-state index in [2.05, 4.69) is 35.8 Å². The van der Waals surface area contributed by atoms with Crippen molar-refractivity contribution in [2.75, 3.05) is 12.3 Å². The first-order valence-corrected chi connectivity index (χ1v) is 10.9. The number of hydrazone groups is 1. The Kier molecular flexibility index (Phi) is 7.36. The Morgan fingerprint density at radius 1 is 1.15 bits per heavy atom. The van der Waals surface area contributed by atoms with E-state index >= 15 is 0 Å². The zero-order chi connectivity index (χ0) is 28.1. The molecule has 1 amide bonds. The number of hydrogen-bond acceptors (Lipinski definition) is 14. The van der Waals surface area contributed by atoms with Crippen LogP contribution in [0.4, 0.5) is 17.2 Å². The Bertz CT molecular complexity index is 1600. The molecule has 0 aliphatic carbocycles. The fraction of sp³-hybridized carbons (Fsp3) is 0.143. The van der Waals surface area contributed by atoms with Crippen LogP contribution in [0.5, 0.6) is 17.2 Å². The third-order valence-electron chi connectivity index (χ3n) is 5.02. The number of amides is 1. The third kappa shape index (κ3) is 5.58. The minimum atomic E-state index is -0.787. The van der Waals surface area contributed by atoms with Gasteiger partial charge in [-0.05, 0) is 54.0 Å². The van der Waals surface area contributed by atoms with Gasteiger partial charge in [-0.2, -0.15) is 9.78 Å². The van der Waals surface area contributed by atoms with E-state index in [0.29, 0.717) is 11.3 Å². The molecule has 3 N–H and O–H groups in total. The number of nitro benzene ring substituents is 2. The molecule has 18 nitrogen and oxygen atoms in total. The molecule has 2 aromatic heterocycles. The Hall–Kier alpha value is -5.94. The summed E-state index contributed by atoms with van der Waals surface area (Å²) < 4.78 is 16.9. The number of anilines is 1. The monoisotopic (exact) mass is 538 g/mol. The van der Waals surface area contributed by atoms with Crippen molar-refractivity contribution in [1.82, 2.24) is 30.7 Å². The second-order valence-corrected chi connectivity index (χ2v) is 7.51. The molecule has 0 spiro atoms. The van der Waals surface area contributed by atoms with Crippen molar-refractivity contribution in [2.45, 2.75) is 13.8 Å². The highest BCUT2D eigenvalue weighted by atomic mass is 16.6. The van der Waals surface area contributed by atoms with E-state index in [1.165, 1.54) is 23.0 Å². The molecule has 0 aliphatic heterocycles. The maximum atomic E-state index is 12.5. The normalized spacial score (nSPS) is 10.9. The molecule has 0 fully saturated rings. The number of benzene rings is 2. The summed E-state index contributed by atoms with van der Waals surface area (Å²) in [6.07, 6.45) is 1.32. The first-order chi connectivity index (χ1) is 18.7. The van der Waals surface area contributed by atoms with Crippen molar-refractivity contribution in [3.8, 4) is 23.1 Å². The Morgan fingerprint density at radius 2 is 1.92 bits per heavy atom. The van der Waals surface area contributed by atoms with Crippen LogP contribution in [0, 0.1) is 27.2 Å². The molecule has 2 aromatic carbocycles. The largest absolute Gasteiger partial charge is 0.490 e. The van der Waals surface area contributed by atoms with E-state index < -0.39 is 27.1 Å². The maximum Gasteiger partial charge on any atom is 0.318 e. The number of nitrogens with two attached hydrogens (primary N) is 1. The van der Waals surface area contributed by atoms with Gasteiger partial charge in [0, 0.05) is 6.07 Å². The van der Waals surface area contributed by atoms with Gasteiger partial charge in [0.15, 0.2) is 17.2 Å². The van der Waals surface area contributed by atoms with Crippen LogP contribution in [-0.2, 0) is 0 Å². The molecule has 4 rings (SSSR count). The van der Waals surface area contributed by atoms with Crippen LogP contribution in [0.3, 0.4) is 0 Å². The lowest BCUT2D eigenvalue weighted by molar-refractivity contribution is -0.394. The average Bonchev–Trinajstić information content (AvgIpc) is 3.50. The molecular formula is C21H18N10O8. The molecular weight excluding hydrogens is 520 g/mol. The van der Waals surface area contributed by atoms with Crippen LogP contribution in [0.15, 0.2) is 46.1 Å². The summed E-state index contributed by atoms with van der Waals surface area (Å²) in [5.74, 6) is -0.518. The molecule has 200 valence electrons. The number of nitrogen functional groups attached to an aromatic ring is 1. The van der Waals surface area contributed by atoms with Crippen LogP contribution < -0.4 is 20.6 Å². The summed E-state index contributed by atoms with van der Waals surface area (Å²) in [6, 6.07) is 7.55. The number of non-ortho nitro benzene ring substituents is 1. The molecule has 39 heavy (non-hydrogen) atoms. The highest BCUT2D eigenvalue weighted by Gasteiger charge is 2.23. The van der Waals surface area contributed by atoms with Crippen molar-refractivity contribution in [1.29, 1.82) is 0 Å². The molecule has 18 heteroatoms. The van der Waals surface area contributed by atoms with Crippen LogP contribution in [-0.4, -0.2) is 53.9 Å². The standard InChI is InChI=1S/C21H18N10O8/c1-3-37-17-8-12(4-6-16(17)38-15-7-5-13(30(33)34)9-14(15)31(35)36)10-23-25-21(32)18-11(2)29(28-24-18)20-19(22)26-39-27-20/h4-10H,3H2,1-2H3,(H2,22,26)(H,25,32)/b23-10+. The second-order valence-electron chi connectivity index (χ2n) is 7.51. The van der Waals surface area contributed by atoms with Crippen molar-refractivity contribution >= 4 is 29.3 Å². The maximum absolute atomic E-state index is 12.5. The van der Waals surface area contributed by atoms with Gasteiger partial charge in [-0.1, -0.05) is 5.21 Å². The summed E-state index contributed by atoms with van der Waals surface area (Å²) in [5, 5.41) is 41.0. The number of carbonyl (C=O) groups excluding carboxylic acids is 1. The SMILES string of the molecule is CCOc1cc(/C=N/NC(=O)c2nnn(-c3nonc3N)c2C)ccc1Oc1ccc([N+](=O)[O-])cc1[N+](=O)[O-]. The van der Waals surface area contributed by atoms with Crippen LogP contribution >= 0.6 is 0 Å². The lowest BCUT2D eigenvalue weighted by atomic mass is 10.2. The summed E-state index contributed by atoms with van der Waals surface area (Å²) >= 11 is 0. The second kappa shape index (κ2) is 11.0. The molecule has 0 radical (unpaired) electrons. The number of rotatable bonds is 10. The van der Waals surface area contributed by atoms with Gasteiger partial charge >= 0.3 is 5.69 Å². The number of nitrogens with one attached hydrogen (secondary N) is 1. The van der Waals surface area contributed by atoms with Gasteiger partial charge < -0.3 is 15.2 Å². The highest BCUT2D eigenvalue weighted by molar-refractivity contribution is 5.94. The van der Waals surface area contributed by atoms with E-state index in [1.807, 2.05) is 0 Å². The predicted octanol–water partition coefficient (Wildman–Crippen LogP) is 2.31. The van der Waals surface area contributed by atoms with Gasteiger partial charge in [0.2, 0.25) is 17.4 Å². The van der Waals surface area contributed by atoms with Gasteiger partial charge in [0.1, 0.15) is 0 Å². The van der Waals surface area contributed by atoms with Crippen molar-refractivity contribution in [3.63, 3.8) is 0 Å². The van der Waals surface area contributed by atoms with Crippen LogP contribution in [0.25, 0.3) is 5.82 Å². The van der Waals surface area contributed by atoms with E-state index in [-0.39, 0.29) is 41.2 Å². The topological polar surface area (TPSA) is 242 Å². The lowest BCUT2D eigenvalue weighted by Crippen LogP contribution is -2.19. The van der Waals surface area contributed by atoms with Gasteiger partial charge in [0.25, 0.3) is 11.6 Å². The first-order valence-electron chi connectivity index (χ1n) is 10.9. The molecule has 0 saturated heterocycles. The minimum absolute atomic E-state index is 0.0336. The zero-order valence-corrected chi connectivity index (χ0v) is 20.2.